The van der Waals surface area contributed by atoms with E-state index >= 15 is 0 Å². The van der Waals surface area contributed by atoms with Gasteiger partial charge >= 0.3 is 5.69 Å². The fourth-order valence-corrected chi connectivity index (χ4v) is 3.40. The fraction of sp³-hybridized carbons (Fsp3) is 0.235. The van der Waals surface area contributed by atoms with Gasteiger partial charge in [-0.15, -0.1) is 0 Å². The highest BCUT2D eigenvalue weighted by Gasteiger charge is 2.35. The van der Waals surface area contributed by atoms with Gasteiger partial charge in [-0.25, -0.2) is 4.79 Å². The predicted octanol–water partition coefficient (Wildman–Crippen LogP) is 1.35. The van der Waals surface area contributed by atoms with Gasteiger partial charge in [-0.2, -0.15) is 5.10 Å². The summed E-state index contributed by atoms with van der Waals surface area (Å²) in [5.41, 5.74) is 1.66. The van der Waals surface area contributed by atoms with E-state index < -0.39 is 17.2 Å². The van der Waals surface area contributed by atoms with Gasteiger partial charge in [0.1, 0.15) is 17.3 Å². The number of nitrogens with zero attached hydrogens (tertiary/aromatic N) is 1. The third kappa shape index (κ3) is 2.28. The van der Waals surface area contributed by atoms with Crippen molar-refractivity contribution in [3.63, 3.8) is 0 Å². The van der Waals surface area contributed by atoms with E-state index in [1.54, 1.807) is 26.4 Å². The van der Waals surface area contributed by atoms with Gasteiger partial charge in [0.15, 0.2) is 5.82 Å². The lowest BCUT2D eigenvalue weighted by atomic mass is 9.83. The summed E-state index contributed by atoms with van der Waals surface area (Å²) in [6.07, 6.45) is 0. The first kappa shape index (κ1) is 16.0. The molecule has 4 rings (SSSR count). The number of rotatable bonds is 3. The number of nitrogens with one attached hydrogen (secondary N) is 4. The van der Waals surface area contributed by atoms with Crippen molar-refractivity contribution >= 4 is 11.6 Å². The molecular formula is C17H17N5O4. The summed E-state index contributed by atoms with van der Waals surface area (Å²) in [6.45, 7) is 1.87. The quantitative estimate of drug-likeness (QED) is 0.440. The summed E-state index contributed by atoms with van der Waals surface area (Å²) < 4.78 is 10.9. The van der Waals surface area contributed by atoms with E-state index in [2.05, 4.69) is 25.5 Å². The van der Waals surface area contributed by atoms with Crippen molar-refractivity contribution in [1.29, 1.82) is 0 Å². The van der Waals surface area contributed by atoms with E-state index in [-0.39, 0.29) is 0 Å². The van der Waals surface area contributed by atoms with E-state index in [0.29, 0.717) is 28.7 Å². The Morgan fingerprint density at radius 3 is 2.62 bits per heavy atom. The number of aromatic amines is 3. The molecule has 26 heavy (non-hydrogen) atoms. The maximum atomic E-state index is 12.6. The molecule has 0 saturated carbocycles. The number of aryl methyl sites for hydroxylation is 1. The van der Waals surface area contributed by atoms with Crippen LogP contribution in [-0.4, -0.2) is 34.4 Å². The third-order valence-electron chi connectivity index (χ3n) is 4.54. The normalized spacial score (nSPS) is 15.0. The van der Waals surface area contributed by atoms with Crippen LogP contribution in [0.2, 0.25) is 0 Å². The Labute approximate surface area is 147 Å². The zero-order chi connectivity index (χ0) is 18.4. The molecule has 0 amide bonds. The van der Waals surface area contributed by atoms with Crippen LogP contribution in [0, 0.1) is 6.92 Å². The van der Waals surface area contributed by atoms with Gasteiger partial charge in [0.2, 0.25) is 0 Å². The molecule has 0 aliphatic carbocycles. The van der Waals surface area contributed by atoms with E-state index in [1.807, 2.05) is 13.0 Å². The maximum absolute atomic E-state index is 12.6. The van der Waals surface area contributed by atoms with E-state index in [9.17, 15) is 9.59 Å². The third-order valence-corrected chi connectivity index (χ3v) is 4.54. The molecule has 1 aliphatic heterocycles. The summed E-state index contributed by atoms with van der Waals surface area (Å²) in [5.74, 6) is 1.59. The highest BCUT2D eigenvalue weighted by molar-refractivity contribution is 5.72. The number of ether oxygens (including phenoxy) is 2. The van der Waals surface area contributed by atoms with Crippen LogP contribution in [0.3, 0.4) is 0 Å². The predicted molar refractivity (Wildman–Crippen MR) is 94.8 cm³/mol. The maximum Gasteiger partial charge on any atom is 0.327 e. The van der Waals surface area contributed by atoms with Gasteiger partial charge in [-0.1, -0.05) is 0 Å². The lowest BCUT2D eigenvalue weighted by Gasteiger charge is -2.27. The lowest BCUT2D eigenvalue weighted by Crippen LogP contribution is -2.32. The van der Waals surface area contributed by atoms with Crippen LogP contribution in [-0.2, 0) is 0 Å². The first-order valence-corrected chi connectivity index (χ1v) is 7.93. The Hall–Kier alpha value is -3.49. The van der Waals surface area contributed by atoms with Crippen LogP contribution in [0.4, 0.5) is 11.6 Å². The minimum Gasteiger partial charge on any atom is -0.497 e. The van der Waals surface area contributed by atoms with Crippen molar-refractivity contribution in [3.8, 4) is 11.5 Å². The van der Waals surface area contributed by atoms with Crippen LogP contribution in [0.15, 0.2) is 27.8 Å². The molecule has 4 N–H and O–H groups in total. The first-order valence-electron chi connectivity index (χ1n) is 7.93. The molecule has 134 valence electrons. The monoisotopic (exact) mass is 355 g/mol. The van der Waals surface area contributed by atoms with E-state index in [4.69, 9.17) is 9.47 Å². The number of methoxy groups -OCH3 is 2. The molecule has 1 aromatic carbocycles. The smallest absolute Gasteiger partial charge is 0.327 e. The molecule has 3 aromatic rings. The van der Waals surface area contributed by atoms with Gasteiger partial charge in [0.25, 0.3) is 5.56 Å². The number of hydrogen-bond acceptors (Lipinski definition) is 6. The molecule has 0 spiro atoms. The van der Waals surface area contributed by atoms with Crippen LogP contribution in [0.25, 0.3) is 0 Å². The molecule has 3 heterocycles. The fourth-order valence-electron chi connectivity index (χ4n) is 3.40. The van der Waals surface area contributed by atoms with Crippen LogP contribution >= 0.6 is 0 Å². The van der Waals surface area contributed by atoms with E-state index in [1.165, 1.54) is 0 Å². The molecule has 1 atom stereocenters. The van der Waals surface area contributed by atoms with Crippen molar-refractivity contribution in [2.75, 3.05) is 19.5 Å². The molecular weight excluding hydrogens is 338 g/mol. The second-order valence-electron chi connectivity index (χ2n) is 5.97. The van der Waals surface area contributed by atoms with Gasteiger partial charge in [-0.3, -0.25) is 19.9 Å². The van der Waals surface area contributed by atoms with Gasteiger partial charge < -0.3 is 14.8 Å². The Kier molecular flexibility index (Phi) is 3.57. The molecule has 1 aliphatic rings. The molecule has 0 saturated heterocycles. The summed E-state index contributed by atoms with van der Waals surface area (Å²) in [7, 11) is 3.13. The second kappa shape index (κ2) is 5.80. The minimum absolute atomic E-state index is 0.313. The topological polar surface area (TPSA) is 125 Å². The van der Waals surface area contributed by atoms with E-state index in [0.717, 1.165) is 16.8 Å². The Bertz CT molecular complexity index is 1110. The van der Waals surface area contributed by atoms with Crippen LogP contribution in [0.1, 0.15) is 28.3 Å². The zero-order valence-electron chi connectivity index (χ0n) is 14.4. The Morgan fingerprint density at radius 2 is 1.88 bits per heavy atom. The van der Waals surface area contributed by atoms with Gasteiger partial charge in [-0.05, 0) is 25.1 Å². The Balaban J connectivity index is 2.08. The average molecular weight is 355 g/mol. The molecule has 0 bridgehead atoms. The molecule has 0 fully saturated rings. The molecule has 9 nitrogen and oxygen atoms in total. The molecule has 9 heteroatoms. The van der Waals surface area contributed by atoms with Gasteiger partial charge in [0.05, 0.1) is 25.7 Å². The summed E-state index contributed by atoms with van der Waals surface area (Å²) >= 11 is 0. The SMILES string of the molecule is COc1ccc(OC)c([C@@H]2c3c(n[nH]c3C)Nc3[nH]c(=O)[nH]c(=O)c32)c1. The average Bonchev–Trinajstić information content (AvgIpc) is 2.99. The summed E-state index contributed by atoms with van der Waals surface area (Å²) in [5, 5.41) is 10.2. The number of benzene rings is 1. The second-order valence-corrected chi connectivity index (χ2v) is 5.97. The minimum atomic E-state index is -0.590. The lowest BCUT2D eigenvalue weighted by molar-refractivity contribution is 0.398. The molecule has 2 aromatic heterocycles. The summed E-state index contributed by atoms with van der Waals surface area (Å²) in [4.78, 5) is 29.3. The number of hydrogen-bond donors (Lipinski definition) is 4. The number of anilines is 2. The van der Waals surface area contributed by atoms with Crippen LogP contribution in [0.5, 0.6) is 11.5 Å². The summed E-state index contributed by atoms with van der Waals surface area (Å²) in [6, 6.07) is 5.38. The van der Waals surface area contributed by atoms with Crippen molar-refractivity contribution < 1.29 is 9.47 Å². The number of H-pyrrole nitrogens is 3. The van der Waals surface area contributed by atoms with Crippen molar-refractivity contribution in [2.45, 2.75) is 12.8 Å². The highest BCUT2D eigenvalue weighted by Crippen LogP contribution is 2.46. The number of fused-ring (bicyclic) bond motifs is 2. The van der Waals surface area contributed by atoms with Crippen molar-refractivity contribution in [3.05, 3.63) is 61.4 Å². The van der Waals surface area contributed by atoms with Crippen molar-refractivity contribution in [2.24, 2.45) is 0 Å². The molecule has 0 radical (unpaired) electrons. The Morgan fingerprint density at radius 1 is 1.08 bits per heavy atom. The molecule has 0 unspecified atom stereocenters. The van der Waals surface area contributed by atoms with Gasteiger partial charge in [0, 0.05) is 16.8 Å². The van der Waals surface area contributed by atoms with Crippen molar-refractivity contribution in [1.82, 2.24) is 20.2 Å². The van der Waals surface area contributed by atoms with Crippen LogP contribution < -0.4 is 26.0 Å². The standard InChI is InChI=1S/C17H17N5O4/c1-7-11-12(9-6-8(25-2)4-5-10(9)26-3)13-14(18-15(11)22-21-7)19-17(24)20-16(13)23/h4-6,12H,1-3H3,(H4,18,19,20,21,22,23,24)/t12-/m1/s1. The zero-order valence-corrected chi connectivity index (χ0v) is 14.4. The number of aromatic nitrogens is 4. The highest BCUT2D eigenvalue weighted by atomic mass is 16.5. The first-order chi connectivity index (χ1) is 12.5. The largest absolute Gasteiger partial charge is 0.497 e.